The van der Waals surface area contributed by atoms with Gasteiger partial charge in [-0.1, -0.05) is 26.0 Å². The number of hydrogen-bond donors (Lipinski definition) is 0. The van der Waals surface area contributed by atoms with Gasteiger partial charge in [0.25, 0.3) is 9.05 Å². The molecule has 1 aromatic rings. The predicted molar refractivity (Wildman–Crippen MR) is 64.2 cm³/mol. The summed E-state index contributed by atoms with van der Waals surface area (Å²) in [6, 6.07) is 0. The Bertz CT molecular complexity index is 503. The normalized spacial score (nSPS) is 12.1. The van der Waals surface area contributed by atoms with Crippen LogP contribution in [0.3, 0.4) is 0 Å². The monoisotopic (exact) mass is 262 g/mol. The van der Waals surface area contributed by atoms with Gasteiger partial charge in [-0.25, -0.2) is 13.4 Å². The van der Waals surface area contributed by atoms with Crippen LogP contribution in [0.5, 0.6) is 0 Å². The van der Waals surface area contributed by atoms with Crippen LogP contribution in [-0.4, -0.2) is 18.0 Å². The molecule has 4 nitrogen and oxygen atoms in total. The van der Waals surface area contributed by atoms with E-state index in [4.69, 9.17) is 10.7 Å². The fraction of sp³-hybridized carbons (Fsp3) is 0.500. The van der Waals surface area contributed by atoms with Crippen LogP contribution in [0, 0.1) is 0 Å². The molecule has 1 aromatic heterocycles. The van der Waals surface area contributed by atoms with Crippen LogP contribution < -0.4 is 0 Å². The van der Waals surface area contributed by atoms with Crippen LogP contribution in [-0.2, 0) is 15.6 Å². The number of imidazole rings is 1. The molecule has 16 heavy (non-hydrogen) atoms. The molecule has 1 rings (SSSR count). The standard InChI is InChI=1S/C10H15ClN2O2S/c1-7(2)5-13-6-9(16(11,14)15)12-10(13)8(3)4/h6,8H,1,5H2,2-4H3. The van der Waals surface area contributed by atoms with E-state index in [9.17, 15) is 8.42 Å². The first kappa shape index (κ1) is 13.3. The largest absolute Gasteiger partial charge is 0.329 e. The minimum absolute atomic E-state index is 0.0980. The topological polar surface area (TPSA) is 52.0 Å². The Morgan fingerprint density at radius 1 is 1.62 bits per heavy atom. The molecule has 0 aromatic carbocycles. The zero-order valence-electron chi connectivity index (χ0n) is 9.57. The van der Waals surface area contributed by atoms with E-state index in [2.05, 4.69) is 11.6 Å². The van der Waals surface area contributed by atoms with Crippen molar-refractivity contribution in [3.63, 3.8) is 0 Å². The summed E-state index contributed by atoms with van der Waals surface area (Å²) in [7, 11) is 1.50. The Kier molecular flexibility index (Phi) is 3.80. The third kappa shape index (κ3) is 3.09. The van der Waals surface area contributed by atoms with Crippen LogP contribution in [0.25, 0.3) is 0 Å². The molecule has 0 bridgehead atoms. The van der Waals surface area contributed by atoms with Crippen molar-refractivity contribution in [2.45, 2.75) is 38.3 Å². The third-order valence-electron chi connectivity index (χ3n) is 1.99. The Balaban J connectivity index is 3.26. The maximum atomic E-state index is 11.2. The van der Waals surface area contributed by atoms with Gasteiger partial charge < -0.3 is 4.57 Å². The molecule has 0 fully saturated rings. The molecule has 0 aliphatic carbocycles. The molecular formula is C10H15ClN2O2S. The summed E-state index contributed by atoms with van der Waals surface area (Å²) in [5.74, 6) is 0.828. The Morgan fingerprint density at radius 3 is 2.56 bits per heavy atom. The fourth-order valence-corrected chi connectivity index (χ4v) is 2.08. The van der Waals surface area contributed by atoms with E-state index in [1.165, 1.54) is 6.20 Å². The van der Waals surface area contributed by atoms with Gasteiger partial charge in [-0.05, 0) is 6.92 Å². The van der Waals surface area contributed by atoms with Crippen LogP contribution in [0.2, 0.25) is 0 Å². The van der Waals surface area contributed by atoms with Gasteiger partial charge in [-0.2, -0.15) is 0 Å². The Morgan fingerprint density at radius 2 is 2.19 bits per heavy atom. The molecule has 6 heteroatoms. The van der Waals surface area contributed by atoms with Crippen molar-refractivity contribution in [1.29, 1.82) is 0 Å². The molecule has 0 aliphatic heterocycles. The van der Waals surface area contributed by atoms with Crippen LogP contribution >= 0.6 is 10.7 Å². The summed E-state index contributed by atoms with van der Waals surface area (Å²) in [5.41, 5.74) is 0.929. The summed E-state index contributed by atoms with van der Waals surface area (Å²) in [4.78, 5) is 4.04. The van der Waals surface area contributed by atoms with Crippen LogP contribution in [0.1, 0.15) is 32.5 Å². The highest BCUT2D eigenvalue weighted by atomic mass is 35.7. The summed E-state index contributed by atoms with van der Waals surface area (Å²) in [5, 5.41) is -0.0980. The van der Waals surface area contributed by atoms with Gasteiger partial charge in [0.05, 0.1) is 0 Å². The van der Waals surface area contributed by atoms with E-state index >= 15 is 0 Å². The lowest BCUT2D eigenvalue weighted by molar-refractivity contribution is 0.606. The number of aromatic nitrogens is 2. The molecule has 0 saturated heterocycles. The van der Waals surface area contributed by atoms with E-state index in [0.29, 0.717) is 12.4 Å². The van der Waals surface area contributed by atoms with Gasteiger partial charge in [-0.15, -0.1) is 0 Å². The lowest BCUT2D eigenvalue weighted by Crippen LogP contribution is -2.04. The van der Waals surface area contributed by atoms with Crippen molar-refractivity contribution >= 4 is 19.7 Å². The Labute approximate surface area is 100 Å². The molecule has 90 valence electrons. The van der Waals surface area contributed by atoms with Crippen molar-refractivity contribution in [3.8, 4) is 0 Å². The van der Waals surface area contributed by atoms with Gasteiger partial charge >= 0.3 is 0 Å². The van der Waals surface area contributed by atoms with Crippen molar-refractivity contribution in [2.24, 2.45) is 0 Å². The van der Waals surface area contributed by atoms with Crippen molar-refractivity contribution in [3.05, 3.63) is 24.2 Å². The highest BCUT2D eigenvalue weighted by Crippen LogP contribution is 2.20. The first-order valence-electron chi connectivity index (χ1n) is 4.88. The van der Waals surface area contributed by atoms with Crippen molar-refractivity contribution in [2.75, 3.05) is 0 Å². The van der Waals surface area contributed by atoms with Crippen LogP contribution in [0.4, 0.5) is 0 Å². The SMILES string of the molecule is C=C(C)Cn1cc(S(=O)(=O)Cl)nc1C(C)C. The average molecular weight is 263 g/mol. The summed E-state index contributed by atoms with van der Waals surface area (Å²) in [6.45, 7) is 10.1. The lowest BCUT2D eigenvalue weighted by Gasteiger charge is -2.09. The van der Waals surface area contributed by atoms with E-state index in [-0.39, 0.29) is 10.9 Å². The third-order valence-corrected chi connectivity index (χ3v) is 3.16. The van der Waals surface area contributed by atoms with E-state index in [1.807, 2.05) is 20.8 Å². The number of rotatable bonds is 4. The predicted octanol–water partition coefficient (Wildman–Crippen LogP) is 2.51. The highest BCUT2D eigenvalue weighted by Gasteiger charge is 2.19. The van der Waals surface area contributed by atoms with Gasteiger partial charge in [0.1, 0.15) is 5.82 Å². The zero-order valence-corrected chi connectivity index (χ0v) is 11.1. The fourth-order valence-electron chi connectivity index (χ4n) is 1.40. The molecule has 0 spiro atoms. The minimum Gasteiger partial charge on any atom is -0.329 e. The Hall–Kier alpha value is -0.810. The molecular weight excluding hydrogens is 248 g/mol. The number of hydrogen-bond acceptors (Lipinski definition) is 3. The molecule has 0 N–H and O–H groups in total. The molecule has 0 saturated carbocycles. The summed E-state index contributed by atoms with van der Waals surface area (Å²) >= 11 is 0. The van der Waals surface area contributed by atoms with Gasteiger partial charge in [-0.3, -0.25) is 0 Å². The van der Waals surface area contributed by atoms with Gasteiger partial charge in [0, 0.05) is 29.3 Å². The maximum absolute atomic E-state index is 11.2. The average Bonchev–Trinajstić information content (AvgIpc) is 2.45. The first-order chi connectivity index (χ1) is 7.21. The van der Waals surface area contributed by atoms with E-state index in [1.54, 1.807) is 4.57 Å². The van der Waals surface area contributed by atoms with Gasteiger partial charge in [0.15, 0.2) is 5.03 Å². The maximum Gasteiger partial charge on any atom is 0.280 e. The smallest absolute Gasteiger partial charge is 0.280 e. The number of nitrogens with zero attached hydrogens (tertiary/aromatic N) is 2. The quantitative estimate of drug-likeness (QED) is 0.619. The second-order valence-corrected chi connectivity index (χ2v) is 6.63. The van der Waals surface area contributed by atoms with Crippen LogP contribution in [0.15, 0.2) is 23.4 Å². The molecule has 0 radical (unpaired) electrons. The van der Waals surface area contributed by atoms with Gasteiger partial charge in [0.2, 0.25) is 0 Å². The highest BCUT2D eigenvalue weighted by molar-refractivity contribution is 8.13. The van der Waals surface area contributed by atoms with Crippen molar-refractivity contribution in [1.82, 2.24) is 9.55 Å². The molecule has 1 heterocycles. The van der Waals surface area contributed by atoms with Crippen molar-refractivity contribution < 1.29 is 8.42 Å². The minimum atomic E-state index is -3.76. The first-order valence-corrected chi connectivity index (χ1v) is 7.19. The van der Waals surface area contributed by atoms with E-state index in [0.717, 1.165) is 5.57 Å². The molecule has 0 amide bonds. The summed E-state index contributed by atoms with van der Waals surface area (Å²) in [6.07, 6.45) is 1.45. The second-order valence-electron chi connectivity index (χ2n) is 4.11. The van der Waals surface area contributed by atoms with E-state index < -0.39 is 9.05 Å². The molecule has 0 atom stereocenters. The zero-order chi connectivity index (χ0) is 12.5. The second kappa shape index (κ2) is 4.59. The number of allylic oxidation sites excluding steroid dienone is 1. The molecule has 0 aliphatic rings. The summed E-state index contributed by atoms with van der Waals surface area (Å²) < 4.78 is 24.1. The lowest BCUT2D eigenvalue weighted by atomic mass is 10.2. The molecule has 0 unspecified atom stereocenters. The number of halogens is 1.